The number of halogens is 1. The van der Waals surface area contributed by atoms with Crippen molar-refractivity contribution in [3.8, 4) is 5.88 Å². The van der Waals surface area contributed by atoms with Crippen molar-refractivity contribution in [1.82, 2.24) is 19.5 Å². The molecule has 20 heavy (non-hydrogen) atoms. The quantitative estimate of drug-likeness (QED) is 0.809. The fraction of sp³-hybridized carbons (Fsp3) is 0.615. The maximum absolute atomic E-state index is 6.05. The van der Waals surface area contributed by atoms with Crippen molar-refractivity contribution in [3.63, 3.8) is 0 Å². The lowest BCUT2D eigenvalue weighted by atomic mass is 10.0. The Balaban J connectivity index is 2.12. The van der Waals surface area contributed by atoms with E-state index in [0.717, 1.165) is 31.1 Å². The summed E-state index contributed by atoms with van der Waals surface area (Å²) in [6, 6.07) is 0.232. The molecule has 0 spiro atoms. The first-order chi connectivity index (χ1) is 9.76. The molecule has 2 unspecified atom stereocenters. The third-order valence-electron chi connectivity index (χ3n) is 3.88. The molecule has 7 heteroatoms. The van der Waals surface area contributed by atoms with Gasteiger partial charge in [-0.25, -0.2) is 9.97 Å². The summed E-state index contributed by atoms with van der Waals surface area (Å²) in [6.07, 6.45) is 2.54. The Hall–Kier alpha value is -1.40. The van der Waals surface area contributed by atoms with Gasteiger partial charge in [-0.2, -0.15) is 4.98 Å². The van der Waals surface area contributed by atoms with E-state index in [9.17, 15) is 0 Å². The number of imidazole rings is 1. The van der Waals surface area contributed by atoms with Gasteiger partial charge in [0.15, 0.2) is 11.2 Å². The summed E-state index contributed by atoms with van der Waals surface area (Å²) in [4.78, 5) is 13.0. The molecule has 3 heterocycles. The largest absolute Gasteiger partial charge is 0.479 e. The van der Waals surface area contributed by atoms with Crippen LogP contribution < -0.4 is 4.74 Å². The Bertz CT molecular complexity index is 610. The highest BCUT2D eigenvalue weighted by molar-refractivity contribution is 6.16. The van der Waals surface area contributed by atoms with Gasteiger partial charge in [-0.3, -0.25) is 0 Å². The first kappa shape index (κ1) is 13.6. The van der Waals surface area contributed by atoms with Gasteiger partial charge in [0.05, 0.1) is 19.6 Å². The van der Waals surface area contributed by atoms with Crippen molar-refractivity contribution in [3.05, 3.63) is 12.2 Å². The maximum Gasteiger partial charge on any atom is 0.245 e. The summed E-state index contributed by atoms with van der Waals surface area (Å²) in [5.41, 5.74) is 1.43. The average Bonchev–Trinajstić information content (AvgIpc) is 3.12. The first-order valence-corrected chi connectivity index (χ1v) is 7.19. The van der Waals surface area contributed by atoms with Crippen LogP contribution in [-0.2, 0) is 10.6 Å². The molecule has 0 aromatic carbocycles. The third kappa shape index (κ3) is 2.13. The van der Waals surface area contributed by atoms with E-state index in [-0.39, 0.29) is 6.04 Å². The molecule has 2 atom stereocenters. The van der Waals surface area contributed by atoms with Gasteiger partial charge in [0, 0.05) is 18.6 Å². The molecule has 0 radical (unpaired) electrons. The fourth-order valence-corrected chi connectivity index (χ4v) is 2.94. The van der Waals surface area contributed by atoms with Crippen molar-refractivity contribution in [1.29, 1.82) is 0 Å². The van der Waals surface area contributed by atoms with Gasteiger partial charge in [0.25, 0.3) is 0 Å². The fourth-order valence-electron chi connectivity index (χ4n) is 2.75. The molecule has 0 bridgehead atoms. The Labute approximate surface area is 122 Å². The summed E-state index contributed by atoms with van der Waals surface area (Å²) in [5.74, 6) is 2.06. The van der Waals surface area contributed by atoms with Crippen LogP contribution in [0.1, 0.15) is 25.2 Å². The normalized spacial score (nSPS) is 20.4. The van der Waals surface area contributed by atoms with Crippen LogP contribution in [0.15, 0.2) is 6.33 Å². The summed E-state index contributed by atoms with van der Waals surface area (Å²) in [5, 5.41) is 0. The number of aromatic nitrogens is 4. The van der Waals surface area contributed by atoms with E-state index in [4.69, 9.17) is 21.1 Å². The number of fused-ring (bicyclic) bond motifs is 1. The van der Waals surface area contributed by atoms with Gasteiger partial charge in [-0.1, -0.05) is 0 Å². The second-order valence-electron chi connectivity index (χ2n) is 4.95. The van der Waals surface area contributed by atoms with Gasteiger partial charge >= 0.3 is 0 Å². The first-order valence-electron chi connectivity index (χ1n) is 6.65. The zero-order valence-electron chi connectivity index (χ0n) is 11.5. The van der Waals surface area contributed by atoms with E-state index in [2.05, 4.69) is 26.4 Å². The van der Waals surface area contributed by atoms with Crippen LogP contribution in [0.25, 0.3) is 11.2 Å². The van der Waals surface area contributed by atoms with Gasteiger partial charge in [0.2, 0.25) is 5.88 Å². The minimum atomic E-state index is 0.232. The number of rotatable bonds is 4. The molecule has 6 nitrogen and oxygen atoms in total. The molecule has 3 rings (SSSR count). The molecule has 2 aromatic heterocycles. The predicted molar refractivity (Wildman–Crippen MR) is 75.1 cm³/mol. The van der Waals surface area contributed by atoms with E-state index in [1.807, 2.05) is 0 Å². The topological polar surface area (TPSA) is 62.1 Å². The summed E-state index contributed by atoms with van der Waals surface area (Å²) >= 11 is 6.05. The van der Waals surface area contributed by atoms with Crippen molar-refractivity contribution >= 4 is 22.8 Å². The van der Waals surface area contributed by atoms with Crippen LogP contribution in [0.3, 0.4) is 0 Å². The number of hydrogen-bond acceptors (Lipinski definition) is 5. The van der Waals surface area contributed by atoms with Gasteiger partial charge in [-0.05, 0) is 13.3 Å². The molecular formula is C13H17ClN4O2. The molecule has 0 aliphatic carbocycles. The molecule has 1 aliphatic rings. The third-order valence-corrected chi connectivity index (χ3v) is 4.12. The van der Waals surface area contributed by atoms with Crippen molar-refractivity contribution in [2.75, 3.05) is 20.3 Å². The molecule has 1 saturated heterocycles. The number of ether oxygens (including phenoxy) is 2. The molecular weight excluding hydrogens is 280 g/mol. The minimum absolute atomic E-state index is 0.232. The summed E-state index contributed by atoms with van der Waals surface area (Å²) in [7, 11) is 1.58. The molecule has 0 amide bonds. The zero-order chi connectivity index (χ0) is 14.1. The highest BCUT2D eigenvalue weighted by Gasteiger charge is 2.28. The average molecular weight is 297 g/mol. The second kappa shape index (κ2) is 5.54. The van der Waals surface area contributed by atoms with E-state index < -0.39 is 0 Å². The van der Waals surface area contributed by atoms with Gasteiger partial charge < -0.3 is 14.0 Å². The molecule has 1 aliphatic heterocycles. The lowest BCUT2D eigenvalue weighted by Gasteiger charge is -2.21. The monoisotopic (exact) mass is 296 g/mol. The van der Waals surface area contributed by atoms with E-state index in [0.29, 0.717) is 23.2 Å². The Kier molecular flexibility index (Phi) is 3.76. The standard InChI is InChI=1S/C13H17ClN4O2/c1-8(9-3-4-20-6-9)18-10(5-14)17-11-12(18)15-7-16-13(11)19-2/h7-9H,3-6H2,1-2H3. The van der Waals surface area contributed by atoms with Crippen molar-refractivity contribution < 1.29 is 9.47 Å². The lowest BCUT2D eigenvalue weighted by molar-refractivity contribution is 0.175. The summed E-state index contributed by atoms with van der Waals surface area (Å²) in [6.45, 7) is 3.74. The van der Waals surface area contributed by atoms with E-state index in [1.54, 1.807) is 7.11 Å². The van der Waals surface area contributed by atoms with Crippen LogP contribution in [0.2, 0.25) is 0 Å². The van der Waals surface area contributed by atoms with Crippen LogP contribution in [0.4, 0.5) is 0 Å². The zero-order valence-corrected chi connectivity index (χ0v) is 12.3. The smallest absolute Gasteiger partial charge is 0.245 e. The lowest BCUT2D eigenvalue weighted by Crippen LogP contribution is -2.19. The van der Waals surface area contributed by atoms with Crippen LogP contribution in [0, 0.1) is 5.92 Å². The molecule has 0 saturated carbocycles. The Morgan fingerprint density at radius 2 is 2.40 bits per heavy atom. The highest BCUT2D eigenvalue weighted by atomic mass is 35.5. The maximum atomic E-state index is 6.05. The highest BCUT2D eigenvalue weighted by Crippen LogP contribution is 2.32. The van der Waals surface area contributed by atoms with E-state index >= 15 is 0 Å². The van der Waals surface area contributed by atoms with Crippen molar-refractivity contribution in [2.45, 2.75) is 25.3 Å². The van der Waals surface area contributed by atoms with Gasteiger partial charge in [-0.15, -0.1) is 11.6 Å². The van der Waals surface area contributed by atoms with Crippen molar-refractivity contribution in [2.24, 2.45) is 5.92 Å². The van der Waals surface area contributed by atoms with E-state index in [1.165, 1.54) is 6.33 Å². The number of hydrogen-bond donors (Lipinski definition) is 0. The Morgan fingerprint density at radius 1 is 1.55 bits per heavy atom. The minimum Gasteiger partial charge on any atom is -0.479 e. The van der Waals surface area contributed by atoms with Gasteiger partial charge in [0.1, 0.15) is 12.2 Å². The molecule has 108 valence electrons. The summed E-state index contributed by atoms with van der Waals surface area (Å²) < 4.78 is 12.8. The molecule has 0 N–H and O–H groups in total. The predicted octanol–water partition coefficient (Wildman–Crippen LogP) is 2.17. The second-order valence-corrected chi connectivity index (χ2v) is 5.22. The number of alkyl halides is 1. The SMILES string of the molecule is COc1ncnc2c1nc(CCl)n2C(C)C1CCOC1. The van der Waals surface area contributed by atoms with Crippen LogP contribution in [-0.4, -0.2) is 39.8 Å². The number of methoxy groups -OCH3 is 1. The Morgan fingerprint density at radius 3 is 3.05 bits per heavy atom. The van der Waals surface area contributed by atoms with Crippen LogP contribution >= 0.6 is 11.6 Å². The molecule has 2 aromatic rings. The number of nitrogens with zero attached hydrogens (tertiary/aromatic N) is 4. The van der Waals surface area contributed by atoms with Crippen LogP contribution in [0.5, 0.6) is 5.88 Å². The molecule has 1 fully saturated rings.